The van der Waals surface area contributed by atoms with E-state index in [1.807, 2.05) is 59.4 Å². The quantitative estimate of drug-likeness (QED) is 0.870. The maximum absolute atomic E-state index is 12.5. The summed E-state index contributed by atoms with van der Waals surface area (Å²) in [6.45, 7) is 0.327. The van der Waals surface area contributed by atoms with Crippen molar-refractivity contribution in [2.75, 3.05) is 0 Å². The molecule has 0 radical (unpaired) electrons. The van der Waals surface area contributed by atoms with Crippen molar-refractivity contribution in [2.24, 2.45) is 7.05 Å². The molecule has 2 unspecified atom stereocenters. The first-order valence-electron chi connectivity index (χ1n) is 8.39. The van der Waals surface area contributed by atoms with E-state index in [9.17, 15) is 4.79 Å². The molecular weight excluding hydrogens is 302 g/mol. The Morgan fingerprint density at radius 2 is 2.12 bits per heavy atom. The number of rotatable bonds is 3. The minimum Gasteiger partial charge on any atom is -0.445 e. The second kappa shape index (κ2) is 6.15. The van der Waals surface area contributed by atoms with Gasteiger partial charge in [0.2, 0.25) is 0 Å². The summed E-state index contributed by atoms with van der Waals surface area (Å²) in [7, 11) is 2.01. The summed E-state index contributed by atoms with van der Waals surface area (Å²) < 4.78 is 7.57. The van der Waals surface area contributed by atoms with Crippen LogP contribution in [-0.4, -0.2) is 32.6 Å². The third-order valence-corrected chi connectivity index (χ3v) is 4.96. The van der Waals surface area contributed by atoms with Crippen LogP contribution in [0.1, 0.15) is 30.5 Å². The largest absolute Gasteiger partial charge is 0.445 e. The van der Waals surface area contributed by atoms with E-state index in [4.69, 9.17) is 4.74 Å². The Balaban J connectivity index is 1.47. The van der Waals surface area contributed by atoms with E-state index in [1.54, 1.807) is 0 Å². The van der Waals surface area contributed by atoms with E-state index < -0.39 is 0 Å². The van der Waals surface area contributed by atoms with Gasteiger partial charge in [-0.2, -0.15) is 0 Å². The lowest BCUT2D eigenvalue weighted by Crippen LogP contribution is -2.43. The van der Waals surface area contributed by atoms with Gasteiger partial charge in [0, 0.05) is 13.1 Å². The number of ether oxygens (including phenoxy) is 1. The van der Waals surface area contributed by atoms with Crippen LogP contribution in [0, 0.1) is 0 Å². The minimum atomic E-state index is -0.202. The van der Waals surface area contributed by atoms with Gasteiger partial charge in [-0.15, -0.1) is 0 Å². The third-order valence-electron chi connectivity index (χ3n) is 4.96. The van der Waals surface area contributed by atoms with Crippen LogP contribution in [0.15, 0.2) is 48.9 Å². The van der Waals surface area contributed by atoms with Crippen LogP contribution in [0.25, 0.3) is 5.57 Å². The highest BCUT2D eigenvalue weighted by atomic mass is 16.6. The second-order valence-corrected chi connectivity index (χ2v) is 6.53. The van der Waals surface area contributed by atoms with Gasteiger partial charge < -0.3 is 9.30 Å². The third kappa shape index (κ3) is 2.70. The molecule has 1 aromatic carbocycles. The summed E-state index contributed by atoms with van der Waals surface area (Å²) in [5.41, 5.74) is 3.44. The molecule has 5 heteroatoms. The predicted molar refractivity (Wildman–Crippen MR) is 91.1 cm³/mol. The number of benzene rings is 1. The number of carbonyl (C=O) groups is 1. The van der Waals surface area contributed by atoms with E-state index >= 15 is 0 Å². The van der Waals surface area contributed by atoms with Gasteiger partial charge in [0.1, 0.15) is 6.61 Å². The van der Waals surface area contributed by atoms with Gasteiger partial charge in [-0.25, -0.2) is 9.78 Å². The van der Waals surface area contributed by atoms with Crippen molar-refractivity contribution in [3.8, 4) is 0 Å². The minimum absolute atomic E-state index is 0.136. The standard InChI is InChI=1S/C19H21N3O2/c1-21-13-20-11-18(21)15-9-16-7-8-17(10-15)22(16)19(23)24-12-14-5-3-2-4-6-14/h2-6,9,11,13,16-17H,7-8,10,12H2,1H3. The highest BCUT2D eigenvalue weighted by molar-refractivity contribution is 5.74. The van der Waals surface area contributed by atoms with Crippen molar-refractivity contribution in [3.05, 3.63) is 60.2 Å². The molecule has 2 aliphatic rings. The summed E-state index contributed by atoms with van der Waals surface area (Å²) >= 11 is 0. The molecule has 1 fully saturated rings. The van der Waals surface area contributed by atoms with Crippen molar-refractivity contribution >= 4 is 11.7 Å². The van der Waals surface area contributed by atoms with Crippen LogP contribution >= 0.6 is 0 Å². The van der Waals surface area contributed by atoms with Crippen LogP contribution in [0.5, 0.6) is 0 Å². The zero-order chi connectivity index (χ0) is 16.5. The lowest BCUT2D eigenvalue weighted by atomic mass is 9.99. The number of aromatic nitrogens is 2. The number of fused-ring (bicyclic) bond motifs is 2. The number of imidazole rings is 1. The molecule has 0 saturated carbocycles. The van der Waals surface area contributed by atoms with Gasteiger partial charge >= 0.3 is 6.09 Å². The van der Waals surface area contributed by atoms with E-state index in [-0.39, 0.29) is 18.2 Å². The van der Waals surface area contributed by atoms with Crippen LogP contribution in [0.4, 0.5) is 4.79 Å². The second-order valence-electron chi connectivity index (χ2n) is 6.53. The van der Waals surface area contributed by atoms with E-state index in [0.717, 1.165) is 30.5 Å². The van der Waals surface area contributed by atoms with Gasteiger partial charge in [0.15, 0.2) is 0 Å². The smallest absolute Gasteiger partial charge is 0.410 e. The van der Waals surface area contributed by atoms with Crippen molar-refractivity contribution < 1.29 is 9.53 Å². The Labute approximate surface area is 141 Å². The maximum Gasteiger partial charge on any atom is 0.410 e. The molecule has 2 aliphatic heterocycles. The Morgan fingerprint density at radius 1 is 1.29 bits per heavy atom. The molecule has 2 aromatic rings. The molecule has 2 atom stereocenters. The first-order chi connectivity index (χ1) is 11.7. The molecule has 5 nitrogen and oxygen atoms in total. The Kier molecular flexibility index (Phi) is 3.84. The van der Waals surface area contributed by atoms with E-state index in [2.05, 4.69) is 11.1 Å². The topological polar surface area (TPSA) is 47.4 Å². The lowest BCUT2D eigenvalue weighted by Gasteiger charge is -2.33. The predicted octanol–water partition coefficient (Wildman–Crippen LogP) is 3.38. The zero-order valence-electron chi connectivity index (χ0n) is 13.8. The zero-order valence-corrected chi connectivity index (χ0v) is 13.8. The maximum atomic E-state index is 12.5. The van der Waals surface area contributed by atoms with Gasteiger partial charge in [0.05, 0.1) is 24.3 Å². The SMILES string of the molecule is Cn1cncc1C1=CC2CCC(C1)N2C(=O)OCc1ccccc1. The number of nitrogens with zero attached hydrogens (tertiary/aromatic N) is 3. The molecule has 124 valence electrons. The fraction of sp³-hybridized carbons (Fsp3) is 0.368. The molecule has 0 aliphatic carbocycles. The molecule has 1 amide bonds. The number of hydrogen-bond donors (Lipinski definition) is 0. The molecule has 3 heterocycles. The highest BCUT2D eigenvalue weighted by Gasteiger charge is 2.41. The van der Waals surface area contributed by atoms with Gasteiger partial charge in [-0.05, 0) is 30.4 Å². The molecular formula is C19H21N3O2. The summed E-state index contributed by atoms with van der Waals surface area (Å²) in [6, 6.07) is 10.2. The van der Waals surface area contributed by atoms with Crippen molar-refractivity contribution in [1.29, 1.82) is 0 Å². The number of amides is 1. The average molecular weight is 323 g/mol. The molecule has 0 spiro atoms. The summed E-state index contributed by atoms with van der Waals surface area (Å²) in [6.07, 6.45) is 8.63. The van der Waals surface area contributed by atoms with Gasteiger partial charge in [0.25, 0.3) is 0 Å². The number of hydrogen-bond acceptors (Lipinski definition) is 3. The Bertz CT molecular complexity index is 766. The molecule has 1 saturated heterocycles. The molecule has 2 bridgehead atoms. The van der Waals surface area contributed by atoms with Crippen molar-refractivity contribution in [3.63, 3.8) is 0 Å². The van der Waals surface area contributed by atoms with Crippen LogP contribution in [0.3, 0.4) is 0 Å². The monoisotopic (exact) mass is 323 g/mol. The van der Waals surface area contributed by atoms with Crippen LogP contribution in [0.2, 0.25) is 0 Å². The Morgan fingerprint density at radius 3 is 2.83 bits per heavy atom. The highest BCUT2D eigenvalue weighted by Crippen LogP contribution is 2.38. The van der Waals surface area contributed by atoms with Gasteiger partial charge in [-0.1, -0.05) is 36.4 Å². The summed E-state index contributed by atoms with van der Waals surface area (Å²) in [5, 5.41) is 0. The van der Waals surface area contributed by atoms with E-state index in [1.165, 1.54) is 5.57 Å². The van der Waals surface area contributed by atoms with Crippen LogP contribution in [-0.2, 0) is 18.4 Å². The van der Waals surface area contributed by atoms with Crippen molar-refractivity contribution in [1.82, 2.24) is 14.5 Å². The van der Waals surface area contributed by atoms with Crippen molar-refractivity contribution in [2.45, 2.75) is 38.0 Å². The molecule has 4 rings (SSSR count). The van der Waals surface area contributed by atoms with Gasteiger partial charge in [-0.3, -0.25) is 4.90 Å². The molecule has 0 N–H and O–H groups in total. The first-order valence-corrected chi connectivity index (χ1v) is 8.39. The number of aryl methyl sites for hydroxylation is 1. The Hall–Kier alpha value is -2.56. The lowest BCUT2D eigenvalue weighted by molar-refractivity contribution is 0.0832. The molecule has 1 aromatic heterocycles. The normalized spacial score (nSPS) is 22.4. The first kappa shape index (κ1) is 15.0. The fourth-order valence-electron chi connectivity index (χ4n) is 3.77. The number of carbonyl (C=O) groups excluding carboxylic acids is 1. The van der Waals surface area contributed by atoms with Crippen LogP contribution < -0.4 is 0 Å². The van der Waals surface area contributed by atoms with E-state index in [0.29, 0.717) is 6.61 Å². The average Bonchev–Trinajstić information content (AvgIpc) is 3.14. The summed E-state index contributed by atoms with van der Waals surface area (Å²) in [4.78, 5) is 18.7. The summed E-state index contributed by atoms with van der Waals surface area (Å²) in [5.74, 6) is 0. The molecule has 24 heavy (non-hydrogen) atoms. The fourth-order valence-corrected chi connectivity index (χ4v) is 3.77.